The molecule has 0 atom stereocenters. The average Bonchev–Trinajstić information content (AvgIpc) is 2.68. The van der Waals surface area contributed by atoms with Crippen LogP contribution < -0.4 is 0 Å². The van der Waals surface area contributed by atoms with Crippen molar-refractivity contribution in [3.05, 3.63) is 70.5 Å². The Morgan fingerprint density at radius 2 is 1.65 bits per heavy atom. The zero-order chi connectivity index (χ0) is 18.4. The molecule has 0 radical (unpaired) electrons. The highest BCUT2D eigenvalue weighted by Gasteiger charge is 2.22. The first kappa shape index (κ1) is 18.7. The van der Waals surface area contributed by atoms with E-state index < -0.39 is 0 Å². The minimum atomic E-state index is -0.184. The summed E-state index contributed by atoms with van der Waals surface area (Å²) in [6, 6.07) is 13.8. The predicted octanol–water partition coefficient (Wildman–Crippen LogP) is 6.86. The molecule has 1 heteroatoms. The van der Waals surface area contributed by atoms with Crippen LogP contribution >= 0.6 is 0 Å². The summed E-state index contributed by atoms with van der Waals surface area (Å²) in [6.07, 6.45) is 8.60. The van der Waals surface area contributed by atoms with Gasteiger partial charge in [-0.25, -0.2) is 4.39 Å². The van der Waals surface area contributed by atoms with Crippen molar-refractivity contribution in [2.75, 3.05) is 0 Å². The molecule has 0 nitrogen and oxygen atoms in total. The maximum atomic E-state index is 14.5. The standard InChI is InChI=1S/C25H29F/c1-3-5-20-10-13-22(14-11-20)24-17-16-23(25(26)18-24)15-12-21-8-6-19(4-2)7-9-21/h6-9,16-18,20,22H,3-5,10-11,13-14H2,1-2H3/t20-,22-. The molecule has 2 aromatic carbocycles. The molecule has 26 heavy (non-hydrogen) atoms. The Kier molecular flexibility index (Phi) is 6.51. The lowest BCUT2D eigenvalue weighted by molar-refractivity contribution is 0.308. The minimum absolute atomic E-state index is 0.184. The summed E-state index contributed by atoms with van der Waals surface area (Å²) in [5.74, 6) is 7.29. The third kappa shape index (κ3) is 4.76. The molecular formula is C25H29F. The molecule has 1 fully saturated rings. The van der Waals surface area contributed by atoms with Crippen molar-refractivity contribution in [2.45, 2.75) is 64.7 Å². The molecule has 1 saturated carbocycles. The fourth-order valence-corrected chi connectivity index (χ4v) is 4.04. The van der Waals surface area contributed by atoms with Crippen LogP contribution in [-0.2, 0) is 6.42 Å². The largest absolute Gasteiger partial charge is 0.206 e. The topological polar surface area (TPSA) is 0 Å². The second kappa shape index (κ2) is 9.04. The smallest absolute Gasteiger partial charge is 0.139 e. The second-order valence-electron chi connectivity index (χ2n) is 7.55. The Labute approximate surface area is 157 Å². The first-order chi connectivity index (χ1) is 12.7. The fraction of sp³-hybridized carbons (Fsp3) is 0.440. The fourth-order valence-electron chi connectivity index (χ4n) is 4.04. The van der Waals surface area contributed by atoms with E-state index in [4.69, 9.17) is 0 Å². The van der Waals surface area contributed by atoms with E-state index >= 15 is 0 Å². The van der Waals surface area contributed by atoms with Crippen molar-refractivity contribution in [1.82, 2.24) is 0 Å². The third-order valence-electron chi connectivity index (χ3n) is 5.71. The molecule has 0 amide bonds. The van der Waals surface area contributed by atoms with Crippen LogP contribution in [0.4, 0.5) is 4.39 Å². The van der Waals surface area contributed by atoms with Crippen molar-refractivity contribution in [2.24, 2.45) is 5.92 Å². The molecule has 0 aromatic heterocycles. The Hall–Kier alpha value is -2.07. The van der Waals surface area contributed by atoms with Gasteiger partial charge in [-0.2, -0.15) is 0 Å². The Bertz CT molecular complexity index is 768. The lowest BCUT2D eigenvalue weighted by Gasteiger charge is -2.28. The molecule has 1 aliphatic carbocycles. The molecule has 136 valence electrons. The van der Waals surface area contributed by atoms with E-state index in [0.717, 1.165) is 23.5 Å². The van der Waals surface area contributed by atoms with Crippen molar-refractivity contribution in [3.63, 3.8) is 0 Å². The molecule has 0 bridgehead atoms. The van der Waals surface area contributed by atoms with Crippen LogP contribution in [0.1, 0.15) is 80.5 Å². The first-order valence-corrected chi connectivity index (χ1v) is 10.1. The van der Waals surface area contributed by atoms with Gasteiger partial charge in [0.2, 0.25) is 0 Å². The normalized spacial score (nSPS) is 19.7. The van der Waals surface area contributed by atoms with Crippen LogP contribution in [0.25, 0.3) is 0 Å². The van der Waals surface area contributed by atoms with E-state index in [1.807, 2.05) is 18.2 Å². The molecular weight excluding hydrogens is 319 g/mol. The van der Waals surface area contributed by atoms with Crippen LogP contribution in [0, 0.1) is 23.6 Å². The van der Waals surface area contributed by atoms with E-state index in [0.29, 0.717) is 11.5 Å². The van der Waals surface area contributed by atoms with Crippen molar-refractivity contribution < 1.29 is 4.39 Å². The summed E-state index contributed by atoms with van der Waals surface area (Å²) in [5.41, 5.74) is 3.86. The maximum Gasteiger partial charge on any atom is 0.139 e. The lowest BCUT2D eigenvalue weighted by Crippen LogP contribution is -2.13. The number of halogens is 1. The average molecular weight is 349 g/mol. The molecule has 3 rings (SSSR count). The lowest BCUT2D eigenvalue weighted by atomic mass is 9.77. The molecule has 0 unspecified atom stereocenters. The van der Waals surface area contributed by atoms with Crippen molar-refractivity contribution in [1.29, 1.82) is 0 Å². The summed E-state index contributed by atoms with van der Waals surface area (Å²) in [6.45, 7) is 4.40. The van der Waals surface area contributed by atoms with Gasteiger partial charge in [0.15, 0.2) is 0 Å². The summed E-state index contributed by atoms with van der Waals surface area (Å²) >= 11 is 0. The molecule has 0 saturated heterocycles. The maximum absolute atomic E-state index is 14.5. The number of benzene rings is 2. The highest BCUT2D eigenvalue weighted by atomic mass is 19.1. The van der Waals surface area contributed by atoms with Crippen molar-refractivity contribution in [3.8, 4) is 11.8 Å². The molecule has 2 aromatic rings. The van der Waals surface area contributed by atoms with Gasteiger partial charge >= 0.3 is 0 Å². The van der Waals surface area contributed by atoms with Crippen molar-refractivity contribution >= 4 is 0 Å². The van der Waals surface area contributed by atoms with Gasteiger partial charge in [0, 0.05) is 5.56 Å². The Morgan fingerprint density at radius 1 is 0.923 bits per heavy atom. The predicted molar refractivity (Wildman–Crippen MR) is 108 cm³/mol. The van der Waals surface area contributed by atoms with Gasteiger partial charge in [0.25, 0.3) is 0 Å². The minimum Gasteiger partial charge on any atom is -0.206 e. The summed E-state index contributed by atoms with van der Waals surface area (Å²) < 4.78 is 14.5. The Balaban J connectivity index is 1.67. The number of rotatable bonds is 4. The zero-order valence-corrected chi connectivity index (χ0v) is 16.0. The van der Waals surface area contributed by atoms with Crippen LogP contribution in [0.3, 0.4) is 0 Å². The Morgan fingerprint density at radius 3 is 2.27 bits per heavy atom. The number of hydrogen-bond acceptors (Lipinski definition) is 0. The highest BCUT2D eigenvalue weighted by molar-refractivity contribution is 5.45. The summed E-state index contributed by atoms with van der Waals surface area (Å²) in [4.78, 5) is 0. The molecule has 0 N–H and O–H groups in total. The van der Waals surface area contributed by atoms with Crippen LogP contribution in [-0.4, -0.2) is 0 Å². The van der Waals surface area contributed by atoms with Gasteiger partial charge in [-0.15, -0.1) is 0 Å². The van der Waals surface area contributed by atoms with Gasteiger partial charge < -0.3 is 0 Å². The van der Waals surface area contributed by atoms with E-state index in [9.17, 15) is 4.39 Å². The summed E-state index contributed by atoms with van der Waals surface area (Å²) in [5, 5.41) is 0. The highest BCUT2D eigenvalue weighted by Crippen LogP contribution is 2.37. The summed E-state index contributed by atoms with van der Waals surface area (Å²) in [7, 11) is 0. The van der Waals surface area contributed by atoms with Gasteiger partial charge in [-0.1, -0.05) is 56.7 Å². The molecule has 1 aliphatic rings. The molecule has 0 spiro atoms. The van der Waals surface area contributed by atoms with Gasteiger partial charge in [-0.3, -0.25) is 0 Å². The van der Waals surface area contributed by atoms with E-state index in [1.165, 1.54) is 44.1 Å². The number of hydrogen-bond donors (Lipinski definition) is 0. The quantitative estimate of drug-likeness (QED) is 0.529. The molecule has 0 aliphatic heterocycles. The van der Waals surface area contributed by atoms with Gasteiger partial charge in [0.1, 0.15) is 5.82 Å². The molecule has 0 heterocycles. The van der Waals surface area contributed by atoms with Gasteiger partial charge in [0.05, 0.1) is 5.56 Å². The van der Waals surface area contributed by atoms with Crippen LogP contribution in [0.15, 0.2) is 42.5 Å². The van der Waals surface area contributed by atoms with Crippen LogP contribution in [0.5, 0.6) is 0 Å². The third-order valence-corrected chi connectivity index (χ3v) is 5.71. The van der Waals surface area contributed by atoms with E-state index in [1.54, 1.807) is 6.07 Å². The van der Waals surface area contributed by atoms with Crippen LogP contribution in [0.2, 0.25) is 0 Å². The zero-order valence-electron chi connectivity index (χ0n) is 16.0. The monoisotopic (exact) mass is 348 g/mol. The van der Waals surface area contributed by atoms with Gasteiger partial charge in [-0.05, 0) is 79.3 Å². The SMILES string of the molecule is CCC[C@H]1CC[C@H](c2ccc(C#Cc3ccc(CC)cc3)c(F)c2)CC1. The van der Waals surface area contributed by atoms with E-state index in [2.05, 4.69) is 43.9 Å². The van der Waals surface area contributed by atoms with E-state index in [-0.39, 0.29) is 5.82 Å². The number of aryl methyl sites for hydroxylation is 1. The second-order valence-corrected chi connectivity index (χ2v) is 7.55. The first-order valence-electron chi connectivity index (χ1n) is 10.1.